The van der Waals surface area contributed by atoms with E-state index in [1.807, 2.05) is 13.8 Å². The average Bonchev–Trinajstić information content (AvgIpc) is 2.99. The molecule has 0 aromatic rings. The Morgan fingerprint density at radius 1 is 1.21 bits per heavy atom. The van der Waals surface area contributed by atoms with E-state index in [4.69, 9.17) is 0 Å². The van der Waals surface area contributed by atoms with Crippen LogP contribution < -0.4 is 0 Å². The van der Waals surface area contributed by atoms with Crippen molar-refractivity contribution in [2.75, 3.05) is 0 Å². The van der Waals surface area contributed by atoms with E-state index < -0.39 is 5.60 Å². The van der Waals surface area contributed by atoms with Crippen LogP contribution in [-0.4, -0.2) is 21.9 Å². The molecule has 0 saturated heterocycles. The largest absolute Gasteiger partial charge is 0.393 e. The lowest BCUT2D eigenvalue weighted by Gasteiger charge is -2.44. The van der Waals surface area contributed by atoms with Crippen molar-refractivity contribution in [2.24, 2.45) is 23.2 Å². The van der Waals surface area contributed by atoms with Crippen LogP contribution >= 0.6 is 0 Å². The molecule has 0 aliphatic heterocycles. The first-order valence-electron chi connectivity index (χ1n) is 12.1. The maximum Gasteiger partial charge on any atom is 0.0591 e. The summed E-state index contributed by atoms with van der Waals surface area (Å²) in [7, 11) is 0. The van der Waals surface area contributed by atoms with Crippen molar-refractivity contribution in [3.63, 3.8) is 0 Å². The minimum atomic E-state index is -0.535. The molecule has 0 unspecified atom stereocenters. The number of fused-ring (bicyclic) bond motifs is 1. The van der Waals surface area contributed by atoms with Gasteiger partial charge in [-0.15, -0.1) is 0 Å². The first-order valence-corrected chi connectivity index (χ1v) is 12.1. The van der Waals surface area contributed by atoms with Crippen LogP contribution in [0.1, 0.15) is 98.3 Å². The molecule has 29 heavy (non-hydrogen) atoms. The fourth-order valence-corrected chi connectivity index (χ4v) is 6.67. The van der Waals surface area contributed by atoms with E-state index in [1.54, 1.807) is 5.57 Å². The Kier molecular flexibility index (Phi) is 7.16. The summed E-state index contributed by atoms with van der Waals surface area (Å²) in [6, 6.07) is 0. The van der Waals surface area contributed by atoms with Crippen molar-refractivity contribution in [1.82, 2.24) is 0 Å². The van der Waals surface area contributed by atoms with Gasteiger partial charge in [-0.3, -0.25) is 0 Å². The predicted octanol–water partition coefficient (Wildman–Crippen LogP) is 6.73. The molecule has 0 aromatic carbocycles. The summed E-state index contributed by atoms with van der Waals surface area (Å²) < 4.78 is 0. The van der Waals surface area contributed by atoms with Crippen LogP contribution in [0.3, 0.4) is 0 Å². The number of hydrogen-bond acceptors (Lipinski definition) is 2. The lowest BCUT2D eigenvalue weighted by Crippen LogP contribution is -2.36. The highest BCUT2D eigenvalue weighted by atomic mass is 16.3. The highest BCUT2D eigenvalue weighted by molar-refractivity contribution is 5.36. The quantitative estimate of drug-likeness (QED) is 0.482. The van der Waals surface area contributed by atoms with Crippen LogP contribution in [0, 0.1) is 23.2 Å². The van der Waals surface area contributed by atoms with Gasteiger partial charge in [-0.25, -0.2) is 0 Å². The predicted molar refractivity (Wildman–Crippen MR) is 123 cm³/mol. The Morgan fingerprint density at radius 2 is 1.97 bits per heavy atom. The van der Waals surface area contributed by atoms with Crippen molar-refractivity contribution >= 4 is 0 Å². The van der Waals surface area contributed by atoms with E-state index in [0.717, 1.165) is 49.9 Å². The van der Waals surface area contributed by atoms with Gasteiger partial charge < -0.3 is 10.2 Å². The van der Waals surface area contributed by atoms with Gasteiger partial charge in [0.15, 0.2) is 0 Å². The number of hydrogen-bond donors (Lipinski definition) is 2. The monoisotopic (exact) mass is 403 g/mol. The molecule has 2 nitrogen and oxygen atoms in total. The molecular weight excluding hydrogens is 359 g/mol. The van der Waals surface area contributed by atoms with Crippen molar-refractivity contribution in [3.8, 4) is 0 Å². The summed E-state index contributed by atoms with van der Waals surface area (Å²) in [5.41, 5.74) is 4.02. The standard InChI is InChI=1S/C27H44O2/c1-19-10-13-23(28)18-22(19)12-11-21-9-7-17-27(5)24(14-15-25(21)27)20(2)8-6-16-26(3,4)29/h11-12,20,23-25,28-29H,1,6-10,13-18H2,2-5H3/b21-11-,22-12-/t20-,23+,24-,25+,27-/m1/s1/i1+1,9+1,11+1. The first-order chi connectivity index (χ1) is 13.6. The van der Waals surface area contributed by atoms with Gasteiger partial charge in [-0.1, -0.05) is 56.6 Å². The Bertz CT molecular complexity index is 650. The molecule has 3 aliphatic carbocycles. The van der Waals surface area contributed by atoms with Gasteiger partial charge in [0.1, 0.15) is 0 Å². The zero-order valence-corrected chi connectivity index (χ0v) is 19.3. The van der Waals surface area contributed by atoms with Crippen LogP contribution in [0.4, 0.5) is 0 Å². The zero-order valence-electron chi connectivity index (χ0n) is 19.3. The molecule has 0 spiro atoms. The van der Waals surface area contributed by atoms with Gasteiger partial charge in [0.05, 0.1) is 11.7 Å². The van der Waals surface area contributed by atoms with Crippen LogP contribution in [0.5, 0.6) is 0 Å². The topological polar surface area (TPSA) is 40.5 Å². The molecule has 3 fully saturated rings. The van der Waals surface area contributed by atoms with Gasteiger partial charge in [-0.2, -0.15) is 0 Å². The smallest absolute Gasteiger partial charge is 0.0591 e. The van der Waals surface area contributed by atoms with Crippen molar-refractivity contribution in [3.05, 3.63) is 35.5 Å². The van der Waals surface area contributed by atoms with Crippen LogP contribution in [0.25, 0.3) is 0 Å². The van der Waals surface area contributed by atoms with Crippen LogP contribution in [0.15, 0.2) is 35.5 Å². The summed E-state index contributed by atoms with van der Waals surface area (Å²) >= 11 is 0. The maximum atomic E-state index is 10.0. The molecule has 0 amide bonds. The molecule has 3 aliphatic rings. The molecule has 2 heteroatoms. The molecule has 164 valence electrons. The zero-order chi connectivity index (χ0) is 21.2. The normalized spacial score (nSPS) is 37.2. The Labute approximate surface area is 179 Å². The van der Waals surface area contributed by atoms with E-state index in [1.165, 1.54) is 49.7 Å². The second kappa shape index (κ2) is 9.10. The lowest BCUT2D eigenvalue weighted by molar-refractivity contribution is 0.0596. The van der Waals surface area contributed by atoms with E-state index in [9.17, 15) is 10.2 Å². The number of aliphatic hydroxyl groups is 2. The van der Waals surface area contributed by atoms with E-state index in [2.05, 4.69) is 32.6 Å². The summed E-state index contributed by atoms with van der Waals surface area (Å²) in [4.78, 5) is 0. The fraction of sp³-hybridized carbons (Fsp3) is 0.778. The van der Waals surface area contributed by atoms with Crippen LogP contribution in [0.2, 0.25) is 0 Å². The molecule has 3 rings (SSSR count). The summed E-state index contributed by atoms with van der Waals surface area (Å²) in [6.45, 7) is 13.1. The number of aliphatic hydroxyl groups excluding tert-OH is 1. The minimum absolute atomic E-state index is 0.192. The number of rotatable bonds is 6. The minimum Gasteiger partial charge on any atom is -0.393 e. The van der Waals surface area contributed by atoms with E-state index >= 15 is 0 Å². The van der Waals surface area contributed by atoms with Gasteiger partial charge in [0.2, 0.25) is 0 Å². The molecule has 0 aromatic heterocycles. The highest BCUT2D eigenvalue weighted by Gasteiger charge is 2.50. The molecule has 3 saturated carbocycles. The summed E-state index contributed by atoms with van der Waals surface area (Å²) in [5, 5.41) is 20.1. The molecular formula is C27H44O2. The van der Waals surface area contributed by atoms with Gasteiger partial charge >= 0.3 is 0 Å². The van der Waals surface area contributed by atoms with Gasteiger partial charge in [0.25, 0.3) is 0 Å². The third-order valence-corrected chi connectivity index (χ3v) is 8.36. The second-order valence-electron chi connectivity index (χ2n) is 11.2. The third kappa shape index (κ3) is 5.44. The van der Waals surface area contributed by atoms with E-state index in [-0.39, 0.29) is 6.10 Å². The molecule has 0 bridgehead atoms. The second-order valence-corrected chi connectivity index (χ2v) is 11.2. The van der Waals surface area contributed by atoms with Crippen molar-refractivity contribution < 1.29 is 10.2 Å². The lowest BCUT2D eigenvalue weighted by atomic mass is 9.63. The molecule has 5 atom stereocenters. The Hall–Kier alpha value is -0.860. The van der Waals surface area contributed by atoms with Crippen molar-refractivity contribution in [2.45, 2.75) is 110 Å². The first kappa shape index (κ1) is 22.8. The Balaban J connectivity index is 1.68. The highest BCUT2D eigenvalue weighted by Crippen LogP contribution is 2.60. The van der Waals surface area contributed by atoms with Gasteiger partial charge in [-0.05, 0) is 100 Å². The number of allylic oxidation sites excluding steroid dienone is 4. The molecule has 0 heterocycles. The maximum absolute atomic E-state index is 10.0. The molecule has 0 radical (unpaired) electrons. The van der Waals surface area contributed by atoms with E-state index in [0.29, 0.717) is 5.41 Å². The molecule has 2 N–H and O–H groups in total. The third-order valence-electron chi connectivity index (χ3n) is 8.36. The van der Waals surface area contributed by atoms with Crippen molar-refractivity contribution in [1.29, 1.82) is 0 Å². The SMILES string of the molecule is C[C@H](CCCC(C)(C)O)[C@H]1CC[C@H]2/C(=[13CH]\C=C3\C[C@@H](O)CCC3=[13CH2])[13CH2]CC[C@]12C. The average molecular weight is 404 g/mol. The Morgan fingerprint density at radius 3 is 2.69 bits per heavy atom. The fourth-order valence-electron chi connectivity index (χ4n) is 6.67. The summed E-state index contributed by atoms with van der Waals surface area (Å²) in [5.74, 6) is 2.26. The van der Waals surface area contributed by atoms with Crippen LogP contribution in [-0.2, 0) is 0 Å². The summed E-state index contributed by atoms with van der Waals surface area (Å²) in [6.07, 6.45) is 16.9. The van der Waals surface area contributed by atoms with Gasteiger partial charge in [0, 0.05) is 0 Å².